The van der Waals surface area contributed by atoms with Gasteiger partial charge in [0, 0.05) is 10.6 Å². The summed E-state index contributed by atoms with van der Waals surface area (Å²) in [5, 5.41) is 3.10. The molecular formula is C18H14ClFN2O3. The fraction of sp³-hybridized carbons (Fsp3) is 0.167. The van der Waals surface area contributed by atoms with Crippen molar-refractivity contribution in [3.05, 3.63) is 70.5 Å². The average Bonchev–Trinajstić information content (AvgIpc) is 2.79. The summed E-state index contributed by atoms with van der Waals surface area (Å²) < 4.78 is 13.2. The Kier molecular flexibility index (Phi) is 4.30. The van der Waals surface area contributed by atoms with Crippen molar-refractivity contribution < 1.29 is 18.8 Å². The third kappa shape index (κ3) is 3.13. The topological polar surface area (TPSA) is 66.5 Å². The van der Waals surface area contributed by atoms with E-state index < -0.39 is 35.6 Å². The van der Waals surface area contributed by atoms with Crippen LogP contribution in [0.4, 0.5) is 9.18 Å². The smallest absolute Gasteiger partial charge is 0.319 e. The van der Waals surface area contributed by atoms with Gasteiger partial charge in [-0.1, -0.05) is 35.9 Å². The quantitative estimate of drug-likeness (QED) is 0.673. The Labute approximate surface area is 148 Å². The number of urea groups is 1. The van der Waals surface area contributed by atoms with Gasteiger partial charge in [-0.2, -0.15) is 0 Å². The molecule has 25 heavy (non-hydrogen) atoms. The van der Waals surface area contributed by atoms with E-state index in [9.17, 15) is 18.8 Å². The van der Waals surface area contributed by atoms with Gasteiger partial charge in [-0.05, 0) is 36.8 Å². The highest BCUT2D eigenvalue weighted by Crippen LogP contribution is 2.29. The SMILES string of the molecule is C[C@@]1(c2ccc(Cl)cc2)NC(=O)N(CC(=O)c2cccc(F)c2)C1=O. The van der Waals surface area contributed by atoms with E-state index in [-0.39, 0.29) is 5.56 Å². The molecule has 1 atom stereocenters. The van der Waals surface area contributed by atoms with Crippen LogP contribution >= 0.6 is 11.6 Å². The molecule has 1 aliphatic heterocycles. The highest BCUT2D eigenvalue weighted by molar-refractivity contribution is 6.30. The van der Waals surface area contributed by atoms with Crippen LogP contribution in [0.3, 0.4) is 0 Å². The van der Waals surface area contributed by atoms with Crippen LogP contribution in [0.5, 0.6) is 0 Å². The molecule has 1 saturated heterocycles. The van der Waals surface area contributed by atoms with E-state index in [1.165, 1.54) is 18.2 Å². The number of hydrogen-bond acceptors (Lipinski definition) is 3. The molecule has 1 fully saturated rings. The van der Waals surface area contributed by atoms with Crippen LogP contribution in [0, 0.1) is 5.82 Å². The number of ketones is 1. The maximum Gasteiger partial charge on any atom is 0.325 e. The zero-order chi connectivity index (χ0) is 18.2. The van der Waals surface area contributed by atoms with Crippen LogP contribution in [0.15, 0.2) is 48.5 Å². The number of imide groups is 1. The summed E-state index contributed by atoms with van der Waals surface area (Å²) in [6.07, 6.45) is 0. The fourth-order valence-electron chi connectivity index (χ4n) is 2.72. The van der Waals surface area contributed by atoms with E-state index in [4.69, 9.17) is 11.6 Å². The molecule has 1 aliphatic rings. The molecule has 1 N–H and O–H groups in total. The van der Waals surface area contributed by atoms with Crippen LogP contribution < -0.4 is 5.32 Å². The maximum absolute atomic E-state index is 13.2. The molecule has 128 valence electrons. The lowest BCUT2D eigenvalue weighted by atomic mass is 9.92. The molecule has 0 spiro atoms. The van der Waals surface area contributed by atoms with Crippen molar-refractivity contribution in [3.63, 3.8) is 0 Å². The lowest BCUT2D eigenvalue weighted by Gasteiger charge is -2.22. The first kappa shape index (κ1) is 17.1. The second-order valence-corrected chi connectivity index (χ2v) is 6.32. The van der Waals surface area contributed by atoms with Crippen LogP contribution in [0.1, 0.15) is 22.8 Å². The van der Waals surface area contributed by atoms with Crippen molar-refractivity contribution in [2.24, 2.45) is 0 Å². The Morgan fingerprint density at radius 3 is 2.52 bits per heavy atom. The maximum atomic E-state index is 13.2. The first-order chi connectivity index (χ1) is 11.8. The molecule has 1 heterocycles. The van der Waals surface area contributed by atoms with E-state index in [1.54, 1.807) is 31.2 Å². The highest BCUT2D eigenvalue weighted by Gasteiger charge is 2.49. The number of nitrogens with one attached hydrogen (secondary N) is 1. The van der Waals surface area contributed by atoms with Crippen molar-refractivity contribution in [2.75, 3.05) is 6.54 Å². The zero-order valence-corrected chi connectivity index (χ0v) is 14.0. The Bertz CT molecular complexity index is 869. The number of benzene rings is 2. The number of halogens is 2. The molecule has 3 rings (SSSR count). The van der Waals surface area contributed by atoms with E-state index in [0.717, 1.165) is 11.0 Å². The van der Waals surface area contributed by atoms with Gasteiger partial charge in [0.25, 0.3) is 5.91 Å². The van der Waals surface area contributed by atoms with Gasteiger partial charge in [0.1, 0.15) is 11.4 Å². The number of nitrogens with zero attached hydrogens (tertiary/aromatic N) is 1. The molecule has 0 aromatic heterocycles. The molecule has 0 radical (unpaired) electrons. The van der Waals surface area contributed by atoms with E-state index >= 15 is 0 Å². The lowest BCUT2D eigenvalue weighted by molar-refractivity contribution is -0.130. The minimum absolute atomic E-state index is 0.0979. The Morgan fingerprint density at radius 2 is 1.88 bits per heavy atom. The standard InChI is InChI=1S/C18H14ClFN2O3/c1-18(12-5-7-13(19)8-6-12)16(24)22(17(25)21-18)10-15(23)11-3-2-4-14(20)9-11/h2-9H,10H2,1H3,(H,21,25)/t18-/m0/s1. The van der Waals surface area contributed by atoms with E-state index in [2.05, 4.69) is 5.32 Å². The molecular weight excluding hydrogens is 347 g/mol. The molecule has 0 bridgehead atoms. The second-order valence-electron chi connectivity index (χ2n) is 5.89. The first-order valence-electron chi connectivity index (χ1n) is 7.50. The number of amides is 3. The van der Waals surface area contributed by atoms with Crippen LogP contribution in [0.25, 0.3) is 0 Å². The van der Waals surface area contributed by atoms with Crippen molar-refractivity contribution >= 4 is 29.3 Å². The summed E-state index contributed by atoms with van der Waals surface area (Å²) in [6.45, 7) is 1.10. The molecule has 3 amide bonds. The largest absolute Gasteiger partial charge is 0.325 e. The monoisotopic (exact) mass is 360 g/mol. The van der Waals surface area contributed by atoms with Gasteiger partial charge in [0.2, 0.25) is 0 Å². The minimum atomic E-state index is -1.29. The number of rotatable bonds is 4. The summed E-state index contributed by atoms with van der Waals surface area (Å²) in [6, 6.07) is 10.9. The highest BCUT2D eigenvalue weighted by atomic mass is 35.5. The third-order valence-corrected chi connectivity index (χ3v) is 4.40. The van der Waals surface area contributed by atoms with Crippen molar-refractivity contribution in [1.29, 1.82) is 0 Å². The van der Waals surface area contributed by atoms with Crippen molar-refractivity contribution in [2.45, 2.75) is 12.5 Å². The predicted octanol–water partition coefficient (Wildman–Crippen LogP) is 3.13. The molecule has 7 heteroatoms. The summed E-state index contributed by atoms with van der Waals surface area (Å²) in [5.74, 6) is -1.64. The van der Waals surface area contributed by atoms with Crippen molar-refractivity contribution in [1.82, 2.24) is 10.2 Å². The van der Waals surface area contributed by atoms with Gasteiger partial charge in [0.15, 0.2) is 5.78 Å². The summed E-state index contributed by atoms with van der Waals surface area (Å²) in [5.41, 5.74) is -0.638. The third-order valence-electron chi connectivity index (χ3n) is 4.14. The normalized spacial score (nSPS) is 19.9. The fourth-order valence-corrected chi connectivity index (χ4v) is 2.84. The second kappa shape index (κ2) is 6.29. The van der Waals surface area contributed by atoms with Gasteiger partial charge >= 0.3 is 6.03 Å². The van der Waals surface area contributed by atoms with E-state index in [1.807, 2.05) is 0 Å². The summed E-state index contributed by atoms with van der Waals surface area (Å²) >= 11 is 5.85. The van der Waals surface area contributed by atoms with Gasteiger partial charge in [0.05, 0.1) is 6.54 Å². The van der Waals surface area contributed by atoms with Crippen LogP contribution in [0.2, 0.25) is 5.02 Å². The van der Waals surface area contributed by atoms with Crippen molar-refractivity contribution in [3.8, 4) is 0 Å². The van der Waals surface area contributed by atoms with Crippen LogP contribution in [-0.2, 0) is 10.3 Å². The first-order valence-corrected chi connectivity index (χ1v) is 7.88. The number of Topliss-reactive ketones (excluding diaryl/α,β-unsaturated/α-hetero) is 1. The zero-order valence-electron chi connectivity index (χ0n) is 13.3. The predicted molar refractivity (Wildman–Crippen MR) is 89.8 cm³/mol. The number of hydrogen-bond donors (Lipinski definition) is 1. The Balaban J connectivity index is 1.84. The minimum Gasteiger partial charge on any atom is -0.319 e. The molecule has 5 nitrogen and oxygen atoms in total. The summed E-state index contributed by atoms with van der Waals surface area (Å²) in [7, 11) is 0. The molecule has 2 aromatic rings. The van der Waals surface area contributed by atoms with Gasteiger partial charge in [-0.15, -0.1) is 0 Å². The summed E-state index contributed by atoms with van der Waals surface area (Å²) in [4.78, 5) is 38.1. The number of carbonyl (C=O) groups is 3. The van der Waals surface area contributed by atoms with E-state index in [0.29, 0.717) is 10.6 Å². The molecule has 0 unspecified atom stereocenters. The molecule has 2 aromatic carbocycles. The molecule has 0 saturated carbocycles. The van der Waals surface area contributed by atoms with Gasteiger partial charge in [-0.25, -0.2) is 9.18 Å². The average molecular weight is 361 g/mol. The lowest BCUT2D eigenvalue weighted by Crippen LogP contribution is -2.41. The number of carbonyl (C=O) groups excluding carboxylic acids is 3. The Hall–Kier alpha value is -2.73. The van der Waals surface area contributed by atoms with Crippen LogP contribution in [-0.4, -0.2) is 29.2 Å². The molecule has 0 aliphatic carbocycles. The van der Waals surface area contributed by atoms with Gasteiger partial charge < -0.3 is 5.32 Å². The van der Waals surface area contributed by atoms with Gasteiger partial charge in [-0.3, -0.25) is 14.5 Å². The Morgan fingerprint density at radius 1 is 1.20 bits per heavy atom.